The first kappa shape index (κ1) is 16.5. The lowest BCUT2D eigenvalue weighted by atomic mass is 10.1. The molecule has 0 aliphatic rings. The standard InChI is InChI=1S/C18H19NO4/c1-13-6-8-15(9-7-13)23-18(21)12-19-17(20)11-14-4-3-5-16(10-14)22-2/h3-10H,11-12H2,1-2H3,(H,19,20). The van der Waals surface area contributed by atoms with Gasteiger partial charge in [0, 0.05) is 0 Å². The second-order valence-electron chi connectivity index (χ2n) is 5.09. The first-order chi connectivity index (χ1) is 11.1. The highest BCUT2D eigenvalue weighted by molar-refractivity contribution is 5.84. The van der Waals surface area contributed by atoms with Crippen molar-refractivity contribution >= 4 is 11.9 Å². The number of carbonyl (C=O) groups excluding carboxylic acids is 2. The van der Waals surface area contributed by atoms with Crippen LogP contribution in [0.25, 0.3) is 0 Å². The van der Waals surface area contributed by atoms with Crippen LogP contribution in [0.4, 0.5) is 0 Å². The molecule has 0 unspecified atom stereocenters. The number of amides is 1. The first-order valence-corrected chi connectivity index (χ1v) is 7.24. The van der Waals surface area contributed by atoms with Gasteiger partial charge in [0.15, 0.2) is 0 Å². The summed E-state index contributed by atoms with van der Waals surface area (Å²) in [7, 11) is 1.57. The maximum atomic E-state index is 11.9. The van der Waals surface area contributed by atoms with E-state index in [0.717, 1.165) is 11.1 Å². The summed E-state index contributed by atoms with van der Waals surface area (Å²) >= 11 is 0. The molecule has 1 N–H and O–H groups in total. The minimum Gasteiger partial charge on any atom is -0.497 e. The molecule has 5 heteroatoms. The van der Waals surface area contributed by atoms with Gasteiger partial charge >= 0.3 is 5.97 Å². The smallest absolute Gasteiger partial charge is 0.330 e. The normalized spacial score (nSPS) is 10.0. The molecule has 0 aliphatic heterocycles. The SMILES string of the molecule is COc1cccc(CC(=O)NCC(=O)Oc2ccc(C)cc2)c1. The van der Waals surface area contributed by atoms with Crippen LogP contribution in [-0.4, -0.2) is 25.5 Å². The topological polar surface area (TPSA) is 64.6 Å². The molecule has 0 bridgehead atoms. The van der Waals surface area contributed by atoms with E-state index in [1.807, 2.05) is 31.2 Å². The third-order valence-electron chi connectivity index (χ3n) is 3.18. The summed E-state index contributed by atoms with van der Waals surface area (Å²) in [6.07, 6.45) is 0.176. The Balaban J connectivity index is 1.79. The molecule has 5 nitrogen and oxygen atoms in total. The molecule has 2 rings (SSSR count). The second-order valence-corrected chi connectivity index (χ2v) is 5.09. The monoisotopic (exact) mass is 313 g/mol. The number of carbonyl (C=O) groups is 2. The van der Waals surface area contributed by atoms with Gasteiger partial charge in [-0.15, -0.1) is 0 Å². The third-order valence-corrected chi connectivity index (χ3v) is 3.18. The van der Waals surface area contributed by atoms with Crippen molar-refractivity contribution in [3.8, 4) is 11.5 Å². The van der Waals surface area contributed by atoms with Gasteiger partial charge < -0.3 is 14.8 Å². The van der Waals surface area contributed by atoms with Crippen molar-refractivity contribution in [3.63, 3.8) is 0 Å². The predicted octanol–water partition coefficient (Wildman–Crippen LogP) is 2.27. The van der Waals surface area contributed by atoms with Gasteiger partial charge in [0.1, 0.15) is 18.0 Å². The molecule has 0 radical (unpaired) electrons. The quantitative estimate of drug-likeness (QED) is 0.656. The fourth-order valence-electron chi connectivity index (χ4n) is 1.97. The van der Waals surface area contributed by atoms with Gasteiger partial charge in [0.05, 0.1) is 13.5 Å². The Morgan fingerprint density at radius 3 is 2.48 bits per heavy atom. The fourth-order valence-corrected chi connectivity index (χ4v) is 1.97. The molecule has 0 fully saturated rings. The summed E-state index contributed by atoms with van der Waals surface area (Å²) in [6, 6.07) is 14.4. The van der Waals surface area contributed by atoms with Crippen molar-refractivity contribution < 1.29 is 19.1 Å². The number of methoxy groups -OCH3 is 1. The molecule has 0 aromatic heterocycles. The van der Waals surface area contributed by atoms with E-state index in [9.17, 15) is 9.59 Å². The zero-order valence-corrected chi connectivity index (χ0v) is 13.2. The number of nitrogens with one attached hydrogen (secondary N) is 1. The van der Waals surface area contributed by atoms with Crippen LogP contribution in [0.15, 0.2) is 48.5 Å². The summed E-state index contributed by atoms with van der Waals surface area (Å²) in [6.45, 7) is 1.78. The van der Waals surface area contributed by atoms with Gasteiger partial charge in [0.2, 0.25) is 5.91 Å². The Labute approximate surface area is 135 Å². The highest BCUT2D eigenvalue weighted by atomic mass is 16.5. The average molecular weight is 313 g/mol. The largest absolute Gasteiger partial charge is 0.497 e. The Morgan fingerprint density at radius 1 is 1.04 bits per heavy atom. The molecule has 23 heavy (non-hydrogen) atoms. The number of aryl methyl sites for hydroxylation is 1. The van der Waals surface area contributed by atoms with Crippen LogP contribution in [-0.2, 0) is 16.0 Å². The van der Waals surface area contributed by atoms with Gasteiger partial charge in [-0.1, -0.05) is 29.8 Å². The molecule has 1 amide bonds. The van der Waals surface area contributed by atoms with E-state index in [0.29, 0.717) is 11.5 Å². The highest BCUT2D eigenvalue weighted by Gasteiger charge is 2.09. The van der Waals surface area contributed by atoms with Gasteiger partial charge in [-0.2, -0.15) is 0 Å². The fraction of sp³-hybridized carbons (Fsp3) is 0.222. The minimum atomic E-state index is -0.507. The van der Waals surface area contributed by atoms with Gasteiger partial charge in [-0.3, -0.25) is 4.79 Å². The number of benzene rings is 2. The van der Waals surface area contributed by atoms with Crippen LogP contribution < -0.4 is 14.8 Å². The van der Waals surface area contributed by atoms with Crippen LogP contribution in [0.2, 0.25) is 0 Å². The van der Waals surface area contributed by atoms with E-state index >= 15 is 0 Å². The predicted molar refractivity (Wildman–Crippen MR) is 86.5 cm³/mol. The molecule has 2 aromatic carbocycles. The molecular weight excluding hydrogens is 294 g/mol. The van der Waals surface area contributed by atoms with Crippen molar-refractivity contribution in [2.24, 2.45) is 0 Å². The minimum absolute atomic E-state index is 0.170. The van der Waals surface area contributed by atoms with Gasteiger partial charge in [-0.05, 0) is 36.8 Å². The van der Waals surface area contributed by atoms with E-state index in [1.54, 1.807) is 31.4 Å². The Hall–Kier alpha value is -2.82. The Bertz CT molecular complexity index is 680. The van der Waals surface area contributed by atoms with Crippen LogP contribution in [0.5, 0.6) is 11.5 Å². The average Bonchev–Trinajstić information content (AvgIpc) is 2.55. The Kier molecular flexibility index (Phi) is 5.74. The maximum absolute atomic E-state index is 11.9. The number of rotatable bonds is 6. The van der Waals surface area contributed by atoms with Gasteiger partial charge in [-0.25, -0.2) is 4.79 Å². The zero-order valence-electron chi connectivity index (χ0n) is 13.2. The zero-order chi connectivity index (χ0) is 16.7. The lowest BCUT2D eigenvalue weighted by molar-refractivity contribution is -0.135. The highest BCUT2D eigenvalue weighted by Crippen LogP contribution is 2.13. The Morgan fingerprint density at radius 2 is 1.78 bits per heavy atom. The summed E-state index contributed by atoms with van der Waals surface area (Å²) in [5.74, 6) is 0.392. The van der Waals surface area contributed by atoms with E-state index < -0.39 is 5.97 Å². The summed E-state index contributed by atoms with van der Waals surface area (Å²) in [5.41, 5.74) is 1.89. The van der Waals surface area contributed by atoms with E-state index in [1.165, 1.54) is 0 Å². The van der Waals surface area contributed by atoms with Crippen LogP contribution >= 0.6 is 0 Å². The number of hydrogen-bond acceptors (Lipinski definition) is 4. The molecule has 0 aliphatic carbocycles. The van der Waals surface area contributed by atoms with Gasteiger partial charge in [0.25, 0.3) is 0 Å². The molecule has 120 valence electrons. The lowest BCUT2D eigenvalue weighted by Gasteiger charge is -2.07. The van der Waals surface area contributed by atoms with Crippen molar-refractivity contribution in [1.82, 2.24) is 5.32 Å². The van der Waals surface area contributed by atoms with E-state index in [4.69, 9.17) is 9.47 Å². The summed E-state index contributed by atoms with van der Waals surface area (Å²) in [5, 5.41) is 2.55. The van der Waals surface area contributed by atoms with Crippen LogP contribution in [0.1, 0.15) is 11.1 Å². The van der Waals surface area contributed by atoms with E-state index in [2.05, 4.69) is 5.32 Å². The summed E-state index contributed by atoms with van der Waals surface area (Å²) < 4.78 is 10.2. The van der Waals surface area contributed by atoms with Crippen molar-refractivity contribution in [3.05, 3.63) is 59.7 Å². The van der Waals surface area contributed by atoms with E-state index in [-0.39, 0.29) is 18.9 Å². The van der Waals surface area contributed by atoms with Crippen LogP contribution in [0, 0.1) is 6.92 Å². The third kappa shape index (κ3) is 5.47. The second kappa shape index (κ2) is 7.98. The molecule has 2 aromatic rings. The number of esters is 1. The van der Waals surface area contributed by atoms with Crippen molar-refractivity contribution in [2.45, 2.75) is 13.3 Å². The first-order valence-electron chi connectivity index (χ1n) is 7.24. The molecule has 0 heterocycles. The van der Waals surface area contributed by atoms with Crippen molar-refractivity contribution in [2.75, 3.05) is 13.7 Å². The number of ether oxygens (including phenoxy) is 2. The molecule has 0 atom stereocenters. The molecular formula is C18H19NO4. The molecule has 0 spiro atoms. The molecule has 0 saturated carbocycles. The lowest BCUT2D eigenvalue weighted by Crippen LogP contribution is -2.32. The number of hydrogen-bond donors (Lipinski definition) is 1. The molecule has 0 saturated heterocycles. The van der Waals surface area contributed by atoms with Crippen molar-refractivity contribution in [1.29, 1.82) is 0 Å². The summed E-state index contributed by atoms with van der Waals surface area (Å²) in [4.78, 5) is 23.6. The van der Waals surface area contributed by atoms with Crippen LogP contribution in [0.3, 0.4) is 0 Å². The maximum Gasteiger partial charge on any atom is 0.330 e.